The predicted molar refractivity (Wildman–Crippen MR) is 75.6 cm³/mol. The van der Waals surface area contributed by atoms with Crippen molar-refractivity contribution >= 4 is 21.4 Å². The van der Waals surface area contributed by atoms with Crippen LogP contribution in [-0.2, 0) is 10.0 Å². The van der Waals surface area contributed by atoms with Crippen LogP contribution in [0.3, 0.4) is 0 Å². The summed E-state index contributed by atoms with van der Waals surface area (Å²) >= 11 is 0. The number of nitro groups is 1. The van der Waals surface area contributed by atoms with Gasteiger partial charge in [-0.15, -0.1) is 0 Å². The number of sulfonamides is 1. The lowest BCUT2D eigenvalue weighted by Gasteiger charge is -2.24. The number of non-ortho nitro benzene ring substituents is 1. The van der Waals surface area contributed by atoms with Gasteiger partial charge in [-0.05, 0) is 19.4 Å². The zero-order valence-corrected chi connectivity index (χ0v) is 12.3. The van der Waals surface area contributed by atoms with E-state index in [4.69, 9.17) is 5.84 Å². The quantitative estimate of drug-likeness (QED) is 0.464. The molecule has 0 radical (unpaired) electrons. The largest absolute Gasteiger partial charge is 0.323 e. The third-order valence-electron chi connectivity index (χ3n) is 3.20. The maximum absolute atomic E-state index is 12.5. The molecular formula is C11H18N4O4S. The Hall–Kier alpha value is -1.71. The molecule has 0 amide bonds. The summed E-state index contributed by atoms with van der Waals surface area (Å²) in [6, 6.07) is 3.22. The van der Waals surface area contributed by atoms with Crippen molar-refractivity contribution in [2.75, 3.05) is 12.5 Å². The number of nitrogens with zero attached hydrogens (tertiary/aromatic N) is 2. The molecule has 1 aromatic rings. The fraction of sp³-hybridized carbons (Fsp3) is 0.455. The van der Waals surface area contributed by atoms with E-state index in [-0.39, 0.29) is 22.3 Å². The summed E-state index contributed by atoms with van der Waals surface area (Å²) in [7, 11) is -2.30. The second-order valence-electron chi connectivity index (χ2n) is 4.36. The summed E-state index contributed by atoms with van der Waals surface area (Å²) in [5.41, 5.74) is 1.96. The molecule has 0 heterocycles. The van der Waals surface area contributed by atoms with Crippen LogP contribution in [0, 0.1) is 10.1 Å². The van der Waals surface area contributed by atoms with Crippen LogP contribution in [0.4, 0.5) is 11.4 Å². The number of hydrogen-bond donors (Lipinski definition) is 2. The lowest BCUT2D eigenvalue weighted by atomic mass is 10.3. The van der Waals surface area contributed by atoms with Gasteiger partial charge in [0.2, 0.25) is 10.0 Å². The topological polar surface area (TPSA) is 119 Å². The Labute approximate surface area is 117 Å². The Morgan fingerprint density at radius 3 is 2.55 bits per heavy atom. The molecule has 0 aliphatic carbocycles. The van der Waals surface area contributed by atoms with Crippen LogP contribution in [0.2, 0.25) is 0 Å². The Balaban J connectivity index is 3.35. The second-order valence-corrected chi connectivity index (χ2v) is 6.33. The van der Waals surface area contributed by atoms with Crippen LogP contribution >= 0.6 is 0 Å². The van der Waals surface area contributed by atoms with Gasteiger partial charge in [-0.2, -0.15) is 4.31 Å². The first-order valence-electron chi connectivity index (χ1n) is 5.98. The molecule has 20 heavy (non-hydrogen) atoms. The summed E-state index contributed by atoms with van der Waals surface area (Å²) < 4.78 is 26.1. The fourth-order valence-corrected chi connectivity index (χ4v) is 3.19. The Bertz CT molecular complexity index is 602. The molecular weight excluding hydrogens is 284 g/mol. The van der Waals surface area contributed by atoms with E-state index in [1.165, 1.54) is 17.4 Å². The number of hydrogen-bond acceptors (Lipinski definition) is 6. The van der Waals surface area contributed by atoms with Crippen molar-refractivity contribution in [1.82, 2.24) is 4.31 Å². The minimum Gasteiger partial charge on any atom is -0.323 e. The number of benzene rings is 1. The highest BCUT2D eigenvalue weighted by Crippen LogP contribution is 2.28. The SMILES string of the molecule is CCC(C)N(C)S(=O)(=O)c1ccc([N+](=O)[O-])cc1NN. The predicted octanol–water partition coefficient (Wildman–Crippen LogP) is 1.30. The second kappa shape index (κ2) is 6.16. The lowest BCUT2D eigenvalue weighted by Crippen LogP contribution is -2.35. The smallest absolute Gasteiger partial charge is 0.271 e. The van der Waals surface area contributed by atoms with Crippen molar-refractivity contribution in [3.05, 3.63) is 28.3 Å². The molecule has 0 spiro atoms. The van der Waals surface area contributed by atoms with Crippen molar-refractivity contribution in [1.29, 1.82) is 0 Å². The van der Waals surface area contributed by atoms with Crippen LogP contribution in [0.25, 0.3) is 0 Å². The highest BCUT2D eigenvalue weighted by Gasteiger charge is 2.28. The van der Waals surface area contributed by atoms with Crippen molar-refractivity contribution in [3.63, 3.8) is 0 Å². The molecule has 0 aromatic heterocycles. The number of nitrogens with two attached hydrogens (primary N) is 1. The molecule has 0 saturated heterocycles. The first-order valence-corrected chi connectivity index (χ1v) is 7.42. The van der Waals surface area contributed by atoms with E-state index in [0.29, 0.717) is 6.42 Å². The van der Waals surface area contributed by atoms with Gasteiger partial charge >= 0.3 is 0 Å². The van der Waals surface area contributed by atoms with Crippen LogP contribution in [0.5, 0.6) is 0 Å². The molecule has 8 nitrogen and oxygen atoms in total. The number of nitrogens with one attached hydrogen (secondary N) is 1. The minimum absolute atomic E-state index is 0.00523. The maximum Gasteiger partial charge on any atom is 0.271 e. The normalized spacial score (nSPS) is 13.2. The van der Waals surface area contributed by atoms with E-state index in [1.54, 1.807) is 6.92 Å². The summed E-state index contributed by atoms with van der Waals surface area (Å²) in [6.07, 6.45) is 0.647. The van der Waals surface area contributed by atoms with Crippen molar-refractivity contribution < 1.29 is 13.3 Å². The lowest BCUT2D eigenvalue weighted by molar-refractivity contribution is -0.384. The molecule has 1 unspecified atom stereocenters. The minimum atomic E-state index is -3.77. The number of anilines is 1. The Morgan fingerprint density at radius 2 is 2.10 bits per heavy atom. The first kappa shape index (κ1) is 16.3. The van der Waals surface area contributed by atoms with Gasteiger partial charge in [-0.25, -0.2) is 8.42 Å². The molecule has 3 N–H and O–H groups in total. The van der Waals surface area contributed by atoms with Gasteiger partial charge in [0.05, 0.1) is 10.6 Å². The third-order valence-corrected chi connectivity index (χ3v) is 5.23. The molecule has 0 saturated carbocycles. The van der Waals surface area contributed by atoms with Crippen molar-refractivity contribution in [2.24, 2.45) is 5.84 Å². The van der Waals surface area contributed by atoms with Gasteiger partial charge in [0.15, 0.2) is 0 Å². The van der Waals surface area contributed by atoms with Gasteiger partial charge in [0.1, 0.15) is 4.90 Å². The van der Waals surface area contributed by atoms with Crippen LogP contribution in [-0.4, -0.2) is 30.7 Å². The number of nitro benzene ring substituents is 1. The summed E-state index contributed by atoms with van der Waals surface area (Å²) in [6.45, 7) is 3.65. The third kappa shape index (κ3) is 3.06. The van der Waals surface area contributed by atoms with Crippen molar-refractivity contribution in [2.45, 2.75) is 31.2 Å². The molecule has 0 aliphatic rings. The standard InChI is InChI=1S/C11H18N4O4S/c1-4-8(2)14(3)20(18,19)11-6-5-9(15(16)17)7-10(11)13-12/h5-8,13H,4,12H2,1-3H3. The van der Waals surface area contributed by atoms with Gasteiger partial charge < -0.3 is 5.43 Å². The molecule has 1 rings (SSSR count). The highest BCUT2D eigenvalue weighted by molar-refractivity contribution is 7.89. The Morgan fingerprint density at radius 1 is 1.50 bits per heavy atom. The molecule has 0 fully saturated rings. The molecule has 1 aromatic carbocycles. The van der Waals surface area contributed by atoms with Gasteiger partial charge in [-0.1, -0.05) is 6.92 Å². The zero-order chi connectivity index (χ0) is 15.5. The first-order chi connectivity index (χ1) is 9.25. The van der Waals surface area contributed by atoms with E-state index < -0.39 is 14.9 Å². The van der Waals surface area contributed by atoms with E-state index in [2.05, 4.69) is 5.43 Å². The van der Waals surface area contributed by atoms with Gasteiger partial charge in [0, 0.05) is 25.2 Å². The van der Waals surface area contributed by atoms with Crippen LogP contribution < -0.4 is 11.3 Å². The van der Waals surface area contributed by atoms with E-state index in [0.717, 1.165) is 12.1 Å². The molecule has 1 atom stereocenters. The highest BCUT2D eigenvalue weighted by atomic mass is 32.2. The summed E-state index contributed by atoms with van der Waals surface area (Å²) in [4.78, 5) is 9.99. The van der Waals surface area contributed by atoms with Crippen molar-refractivity contribution in [3.8, 4) is 0 Å². The fourth-order valence-electron chi connectivity index (χ4n) is 1.62. The molecule has 9 heteroatoms. The molecule has 0 aliphatic heterocycles. The number of rotatable bonds is 6. The Kier molecular flexibility index (Phi) is 5.03. The van der Waals surface area contributed by atoms with Crippen LogP contribution in [0.1, 0.15) is 20.3 Å². The van der Waals surface area contributed by atoms with Gasteiger partial charge in [-0.3, -0.25) is 16.0 Å². The molecule has 0 bridgehead atoms. The van der Waals surface area contributed by atoms with Crippen LogP contribution in [0.15, 0.2) is 23.1 Å². The van der Waals surface area contributed by atoms with E-state index >= 15 is 0 Å². The average molecular weight is 302 g/mol. The average Bonchev–Trinajstić information content (AvgIpc) is 2.44. The maximum atomic E-state index is 12.5. The number of hydrazine groups is 1. The zero-order valence-electron chi connectivity index (χ0n) is 11.5. The van der Waals surface area contributed by atoms with E-state index in [1.807, 2.05) is 6.92 Å². The van der Waals surface area contributed by atoms with Gasteiger partial charge in [0.25, 0.3) is 5.69 Å². The summed E-state index contributed by atoms with van der Waals surface area (Å²) in [5.74, 6) is 5.27. The summed E-state index contributed by atoms with van der Waals surface area (Å²) in [5, 5.41) is 10.7. The molecule has 112 valence electrons. The van der Waals surface area contributed by atoms with E-state index in [9.17, 15) is 18.5 Å². The number of nitrogen functional groups attached to an aromatic ring is 1. The monoisotopic (exact) mass is 302 g/mol.